The van der Waals surface area contributed by atoms with E-state index in [2.05, 4.69) is 50.4 Å². The molecule has 1 atom stereocenters. The van der Waals surface area contributed by atoms with Crippen molar-refractivity contribution in [2.75, 3.05) is 11.9 Å². The van der Waals surface area contributed by atoms with Gasteiger partial charge in [-0.2, -0.15) is 0 Å². The smallest absolute Gasteiger partial charge is 0.328 e. The van der Waals surface area contributed by atoms with Gasteiger partial charge in [-0.25, -0.2) is 4.79 Å². The summed E-state index contributed by atoms with van der Waals surface area (Å²) in [5.41, 5.74) is 1.00. The number of anilines is 1. The van der Waals surface area contributed by atoms with E-state index in [-0.39, 0.29) is 12.0 Å². The van der Waals surface area contributed by atoms with Crippen molar-refractivity contribution in [1.82, 2.24) is 0 Å². The molecule has 3 heteroatoms. The molecule has 0 unspecified atom stereocenters. The Labute approximate surface area is 228 Å². The van der Waals surface area contributed by atoms with Crippen molar-refractivity contribution in [2.24, 2.45) is 5.92 Å². The van der Waals surface area contributed by atoms with Crippen molar-refractivity contribution in [3.63, 3.8) is 0 Å². The molecule has 208 valence electrons. The van der Waals surface area contributed by atoms with Gasteiger partial charge in [0.2, 0.25) is 0 Å². The zero-order valence-electron chi connectivity index (χ0n) is 24.2. The summed E-state index contributed by atoms with van der Waals surface area (Å²) in [7, 11) is 0. The summed E-state index contributed by atoms with van der Waals surface area (Å²) in [6.45, 7) is 7.12. The first-order valence-electron chi connectivity index (χ1n) is 15.5. The van der Waals surface area contributed by atoms with Gasteiger partial charge in [-0.3, -0.25) is 0 Å². The number of esters is 1. The molecule has 0 aliphatic heterocycles. The van der Waals surface area contributed by atoms with E-state index in [1.165, 1.54) is 95.3 Å². The Morgan fingerprint density at radius 2 is 1.22 bits per heavy atom. The van der Waals surface area contributed by atoms with Gasteiger partial charge in [0.05, 0.1) is 6.61 Å². The zero-order valence-corrected chi connectivity index (χ0v) is 24.2. The van der Waals surface area contributed by atoms with Crippen molar-refractivity contribution in [3.05, 3.63) is 42.5 Å². The molecule has 0 saturated carbocycles. The van der Waals surface area contributed by atoms with Gasteiger partial charge >= 0.3 is 5.97 Å². The lowest BCUT2D eigenvalue weighted by atomic mass is 10.0. The number of ether oxygens (including phenoxy) is 1. The fraction of sp³-hybridized carbons (Fsp3) is 0.676. The first-order chi connectivity index (χ1) is 18.1. The Morgan fingerprint density at radius 3 is 1.78 bits per heavy atom. The van der Waals surface area contributed by atoms with E-state index >= 15 is 0 Å². The number of fused-ring (bicyclic) bond motifs is 1. The summed E-state index contributed by atoms with van der Waals surface area (Å²) in [4.78, 5) is 12.9. The lowest BCUT2D eigenvalue weighted by molar-refractivity contribution is -0.145. The molecular formula is C34H55NO2. The number of carbonyl (C=O) groups is 1. The Kier molecular flexibility index (Phi) is 16.9. The van der Waals surface area contributed by atoms with Crippen molar-refractivity contribution >= 4 is 22.4 Å². The Morgan fingerprint density at radius 1 is 0.703 bits per heavy atom. The summed E-state index contributed by atoms with van der Waals surface area (Å²) in [5.74, 6) is 0.290. The topological polar surface area (TPSA) is 38.3 Å². The molecule has 0 bridgehead atoms. The average molecular weight is 510 g/mol. The molecule has 0 heterocycles. The van der Waals surface area contributed by atoms with Gasteiger partial charge in [-0.05, 0) is 30.2 Å². The average Bonchev–Trinajstić information content (AvgIpc) is 2.90. The van der Waals surface area contributed by atoms with E-state index in [1.54, 1.807) is 0 Å². The SMILES string of the molecule is CCCCCCCCCCCCCCCCCCOC(=O)[C@H](CC(C)C)Nc1cccc2ccccc12. The van der Waals surface area contributed by atoms with Crippen molar-refractivity contribution in [2.45, 2.75) is 136 Å². The molecule has 0 spiro atoms. The minimum absolute atomic E-state index is 0.123. The third-order valence-corrected chi connectivity index (χ3v) is 7.35. The number of hydrogen-bond acceptors (Lipinski definition) is 3. The van der Waals surface area contributed by atoms with Gasteiger partial charge in [-0.15, -0.1) is 0 Å². The minimum atomic E-state index is -0.313. The van der Waals surface area contributed by atoms with Crippen LogP contribution in [0.5, 0.6) is 0 Å². The Hall–Kier alpha value is -2.03. The van der Waals surface area contributed by atoms with Crippen LogP contribution in [0.15, 0.2) is 42.5 Å². The van der Waals surface area contributed by atoms with E-state index in [0.717, 1.165) is 30.3 Å². The maximum absolute atomic E-state index is 12.9. The second-order valence-corrected chi connectivity index (χ2v) is 11.3. The van der Waals surface area contributed by atoms with Crippen molar-refractivity contribution in [1.29, 1.82) is 0 Å². The van der Waals surface area contributed by atoms with E-state index in [0.29, 0.717) is 12.5 Å². The van der Waals surface area contributed by atoms with Crippen LogP contribution in [0.2, 0.25) is 0 Å². The third-order valence-electron chi connectivity index (χ3n) is 7.35. The van der Waals surface area contributed by atoms with Crippen LogP contribution in [0.1, 0.15) is 130 Å². The predicted octanol–water partition coefficient (Wildman–Crippen LogP) is 10.5. The van der Waals surface area contributed by atoms with Gasteiger partial charge in [0.1, 0.15) is 6.04 Å². The number of nitrogens with one attached hydrogen (secondary N) is 1. The van der Waals surface area contributed by atoms with Gasteiger partial charge in [-0.1, -0.05) is 153 Å². The van der Waals surface area contributed by atoms with Crippen molar-refractivity contribution < 1.29 is 9.53 Å². The van der Waals surface area contributed by atoms with Crippen molar-refractivity contribution in [3.8, 4) is 0 Å². The maximum Gasteiger partial charge on any atom is 0.328 e. The highest BCUT2D eigenvalue weighted by Crippen LogP contribution is 2.25. The molecule has 2 aromatic rings. The number of unbranched alkanes of at least 4 members (excludes halogenated alkanes) is 15. The fourth-order valence-electron chi connectivity index (χ4n) is 5.15. The minimum Gasteiger partial charge on any atom is -0.464 e. The monoisotopic (exact) mass is 509 g/mol. The molecule has 3 nitrogen and oxygen atoms in total. The molecule has 0 aromatic heterocycles. The molecule has 1 N–H and O–H groups in total. The van der Waals surface area contributed by atoms with Crippen LogP contribution in [-0.2, 0) is 9.53 Å². The fourth-order valence-corrected chi connectivity index (χ4v) is 5.15. The number of hydrogen-bond donors (Lipinski definition) is 1. The van der Waals surface area contributed by atoms with E-state index < -0.39 is 0 Å². The normalized spacial score (nSPS) is 12.2. The first kappa shape index (κ1) is 31.2. The van der Waals surface area contributed by atoms with Crippen LogP contribution >= 0.6 is 0 Å². The summed E-state index contributed by atoms with van der Waals surface area (Å²) in [6, 6.07) is 14.2. The quantitative estimate of drug-likeness (QED) is 0.127. The molecular weight excluding hydrogens is 454 g/mol. The van der Waals surface area contributed by atoms with E-state index in [1.807, 2.05) is 18.2 Å². The van der Waals surface area contributed by atoms with Crippen LogP contribution < -0.4 is 5.32 Å². The highest BCUT2D eigenvalue weighted by Gasteiger charge is 2.22. The number of benzene rings is 2. The van der Waals surface area contributed by atoms with E-state index in [9.17, 15) is 4.79 Å². The summed E-state index contributed by atoms with van der Waals surface area (Å²) >= 11 is 0. The Bertz CT molecular complexity index is 841. The highest BCUT2D eigenvalue weighted by atomic mass is 16.5. The lowest BCUT2D eigenvalue weighted by Crippen LogP contribution is -2.33. The van der Waals surface area contributed by atoms with Crippen LogP contribution in [0, 0.1) is 5.92 Å². The molecule has 0 aliphatic rings. The molecule has 0 aliphatic carbocycles. The third kappa shape index (κ3) is 13.9. The first-order valence-corrected chi connectivity index (χ1v) is 15.5. The number of rotatable bonds is 22. The molecule has 0 saturated heterocycles. The number of carbonyl (C=O) groups excluding carboxylic acids is 1. The lowest BCUT2D eigenvalue weighted by Gasteiger charge is -2.21. The zero-order chi connectivity index (χ0) is 26.6. The summed E-state index contributed by atoms with van der Waals surface area (Å²) in [5, 5.41) is 5.81. The standard InChI is InChI=1S/C34H55NO2/c1-4-5-6-7-8-9-10-11-12-13-14-15-16-17-18-21-27-37-34(36)33(28-29(2)3)35-32-26-22-24-30-23-19-20-25-31(30)32/h19-20,22-26,29,33,35H,4-18,21,27-28H2,1-3H3/t33-/m0/s1. The largest absolute Gasteiger partial charge is 0.464 e. The van der Waals surface area contributed by atoms with Crippen LogP contribution in [0.4, 0.5) is 5.69 Å². The maximum atomic E-state index is 12.9. The Balaban J connectivity index is 1.52. The highest BCUT2D eigenvalue weighted by molar-refractivity contribution is 5.95. The van der Waals surface area contributed by atoms with E-state index in [4.69, 9.17) is 4.74 Å². The molecule has 37 heavy (non-hydrogen) atoms. The van der Waals surface area contributed by atoms with Crippen LogP contribution in [-0.4, -0.2) is 18.6 Å². The van der Waals surface area contributed by atoms with Crippen LogP contribution in [0.3, 0.4) is 0 Å². The molecule has 0 radical (unpaired) electrons. The predicted molar refractivity (Wildman–Crippen MR) is 161 cm³/mol. The van der Waals surface area contributed by atoms with Gasteiger partial charge in [0.25, 0.3) is 0 Å². The molecule has 0 amide bonds. The molecule has 2 rings (SSSR count). The van der Waals surface area contributed by atoms with Crippen LogP contribution in [0.25, 0.3) is 10.8 Å². The van der Waals surface area contributed by atoms with Gasteiger partial charge in [0.15, 0.2) is 0 Å². The molecule has 2 aromatic carbocycles. The van der Waals surface area contributed by atoms with Gasteiger partial charge < -0.3 is 10.1 Å². The second-order valence-electron chi connectivity index (χ2n) is 11.3. The second kappa shape index (κ2) is 20.0. The van der Waals surface area contributed by atoms with Gasteiger partial charge in [0, 0.05) is 11.1 Å². The summed E-state index contributed by atoms with van der Waals surface area (Å²) < 4.78 is 5.71. The molecule has 0 fully saturated rings. The summed E-state index contributed by atoms with van der Waals surface area (Å²) in [6.07, 6.45) is 22.3.